The maximum atomic E-state index is 3.96. The van der Waals surface area contributed by atoms with Crippen molar-refractivity contribution in [3.63, 3.8) is 0 Å². The van der Waals surface area contributed by atoms with Crippen LogP contribution in [-0.2, 0) is 0 Å². The molecule has 0 fully saturated rings. The van der Waals surface area contributed by atoms with Crippen LogP contribution in [0.25, 0.3) is 12.3 Å². The Bertz CT molecular complexity index is 410. The lowest BCUT2D eigenvalue weighted by molar-refractivity contribution is 1.14. The van der Waals surface area contributed by atoms with Crippen molar-refractivity contribution in [1.29, 1.82) is 0 Å². The molecule has 0 amide bonds. The zero-order valence-electron chi connectivity index (χ0n) is 8.09. The standard InChI is InChI=1S/C12H12N2/c1-11-2-4-12(5-3-11)6-8-14-9-7-13-10-14/h2-10H,1H3/b8-6+. The number of aromatic nitrogens is 2. The smallest absolute Gasteiger partial charge is 0.0986 e. The fraction of sp³-hybridized carbons (Fsp3) is 0.0833. The van der Waals surface area contributed by atoms with Gasteiger partial charge in [-0.05, 0) is 18.6 Å². The van der Waals surface area contributed by atoms with Gasteiger partial charge in [0.25, 0.3) is 0 Å². The molecule has 0 atom stereocenters. The summed E-state index contributed by atoms with van der Waals surface area (Å²) < 4.78 is 1.92. The topological polar surface area (TPSA) is 17.8 Å². The average Bonchev–Trinajstić information content (AvgIpc) is 2.70. The molecule has 0 aliphatic heterocycles. The van der Waals surface area contributed by atoms with E-state index in [1.54, 1.807) is 12.5 Å². The Kier molecular flexibility index (Phi) is 2.45. The summed E-state index contributed by atoms with van der Waals surface area (Å²) in [5.74, 6) is 0. The highest BCUT2D eigenvalue weighted by Crippen LogP contribution is 2.05. The van der Waals surface area contributed by atoms with Gasteiger partial charge in [-0.2, -0.15) is 0 Å². The molecule has 1 heterocycles. The number of rotatable bonds is 2. The Morgan fingerprint density at radius 2 is 2.00 bits per heavy atom. The van der Waals surface area contributed by atoms with Crippen LogP contribution in [0.3, 0.4) is 0 Å². The summed E-state index contributed by atoms with van der Waals surface area (Å²) >= 11 is 0. The Morgan fingerprint density at radius 3 is 2.64 bits per heavy atom. The van der Waals surface area contributed by atoms with E-state index in [9.17, 15) is 0 Å². The number of benzene rings is 1. The molecule has 2 nitrogen and oxygen atoms in total. The Balaban J connectivity index is 2.15. The van der Waals surface area contributed by atoms with Crippen molar-refractivity contribution in [2.24, 2.45) is 0 Å². The molecule has 2 rings (SSSR count). The monoisotopic (exact) mass is 184 g/mol. The van der Waals surface area contributed by atoms with Crippen molar-refractivity contribution >= 4 is 12.3 Å². The predicted octanol–water partition coefficient (Wildman–Crippen LogP) is 2.82. The van der Waals surface area contributed by atoms with E-state index in [0.29, 0.717) is 0 Å². The normalized spacial score (nSPS) is 10.9. The fourth-order valence-corrected chi connectivity index (χ4v) is 1.21. The first-order valence-corrected chi connectivity index (χ1v) is 4.57. The largest absolute Gasteiger partial charge is 0.313 e. The van der Waals surface area contributed by atoms with Crippen molar-refractivity contribution < 1.29 is 0 Å². The van der Waals surface area contributed by atoms with E-state index in [1.165, 1.54) is 11.1 Å². The van der Waals surface area contributed by atoms with Crippen LogP contribution in [0, 0.1) is 6.92 Å². The van der Waals surface area contributed by atoms with Crippen LogP contribution in [0.2, 0.25) is 0 Å². The highest BCUT2D eigenvalue weighted by molar-refractivity contribution is 5.60. The number of hydrogen-bond donors (Lipinski definition) is 0. The van der Waals surface area contributed by atoms with Gasteiger partial charge >= 0.3 is 0 Å². The summed E-state index contributed by atoms with van der Waals surface area (Å²) in [5.41, 5.74) is 2.48. The Hall–Kier alpha value is -1.83. The van der Waals surface area contributed by atoms with E-state index in [2.05, 4.69) is 42.2 Å². The lowest BCUT2D eigenvalue weighted by Gasteiger charge is -1.94. The van der Waals surface area contributed by atoms with Gasteiger partial charge < -0.3 is 4.57 Å². The molecule has 14 heavy (non-hydrogen) atoms. The minimum Gasteiger partial charge on any atom is -0.313 e. The van der Waals surface area contributed by atoms with Crippen LogP contribution in [0.4, 0.5) is 0 Å². The quantitative estimate of drug-likeness (QED) is 0.701. The molecule has 0 radical (unpaired) electrons. The zero-order valence-corrected chi connectivity index (χ0v) is 8.09. The van der Waals surface area contributed by atoms with Crippen molar-refractivity contribution in [2.45, 2.75) is 6.92 Å². The first kappa shape index (κ1) is 8.75. The Labute approximate surface area is 83.5 Å². The number of hydrogen-bond acceptors (Lipinski definition) is 1. The predicted molar refractivity (Wildman–Crippen MR) is 58.6 cm³/mol. The van der Waals surface area contributed by atoms with Gasteiger partial charge in [-0.3, -0.25) is 0 Å². The number of nitrogens with zero attached hydrogens (tertiary/aromatic N) is 2. The molecule has 2 heteroatoms. The highest BCUT2D eigenvalue weighted by Gasteiger charge is 1.86. The summed E-state index contributed by atoms with van der Waals surface area (Å²) in [6.45, 7) is 2.09. The van der Waals surface area contributed by atoms with Gasteiger partial charge in [-0.1, -0.05) is 29.8 Å². The SMILES string of the molecule is Cc1ccc(/C=C/n2ccnc2)cc1. The maximum Gasteiger partial charge on any atom is 0.0986 e. The summed E-state index contributed by atoms with van der Waals surface area (Å²) in [4.78, 5) is 3.96. The first-order chi connectivity index (χ1) is 6.84. The van der Waals surface area contributed by atoms with Crippen LogP contribution in [-0.4, -0.2) is 9.55 Å². The van der Waals surface area contributed by atoms with Crippen LogP contribution in [0.1, 0.15) is 11.1 Å². The zero-order chi connectivity index (χ0) is 9.80. The van der Waals surface area contributed by atoms with Gasteiger partial charge in [-0.25, -0.2) is 4.98 Å². The Morgan fingerprint density at radius 1 is 1.21 bits per heavy atom. The average molecular weight is 184 g/mol. The molecule has 70 valence electrons. The molecule has 0 aliphatic rings. The number of imidazole rings is 1. The number of aryl methyl sites for hydroxylation is 1. The van der Waals surface area contributed by atoms with Crippen molar-refractivity contribution in [1.82, 2.24) is 9.55 Å². The second-order valence-electron chi connectivity index (χ2n) is 3.24. The minimum atomic E-state index is 1.20. The van der Waals surface area contributed by atoms with Crippen LogP contribution >= 0.6 is 0 Å². The molecule has 1 aromatic carbocycles. The van der Waals surface area contributed by atoms with Gasteiger partial charge in [-0.15, -0.1) is 0 Å². The molecule has 0 saturated carbocycles. The third-order valence-electron chi connectivity index (χ3n) is 2.04. The summed E-state index contributed by atoms with van der Waals surface area (Å²) in [6, 6.07) is 8.41. The van der Waals surface area contributed by atoms with E-state index in [4.69, 9.17) is 0 Å². The molecule has 0 bridgehead atoms. The van der Waals surface area contributed by atoms with Crippen LogP contribution in [0.15, 0.2) is 43.0 Å². The summed E-state index contributed by atoms with van der Waals surface area (Å²) in [7, 11) is 0. The third kappa shape index (κ3) is 2.10. The molecule has 0 aliphatic carbocycles. The second-order valence-corrected chi connectivity index (χ2v) is 3.24. The summed E-state index contributed by atoms with van der Waals surface area (Å²) in [5, 5.41) is 0. The lowest BCUT2D eigenvalue weighted by Crippen LogP contribution is -1.79. The molecular formula is C12H12N2. The van der Waals surface area contributed by atoms with Gasteiger partial charge in [0.05, 0.1) is 6.33 Å². The van der Waals surface area contributed by atoms with E-state index < -0.39 is 0 Å². The fourth-order valence-electron chi connectivity index (χ4n) is 1.21. The van der Waals surface area contributed by atoms with E-state index in [0.717, 1.165) is 0 Å². The highest BCUT2D eigenvalue weighted by atomic mass is 15.0. The molecule has 0 spiro atoms. The molecule has 0 unspecified atom stereocenters. The van der Waals surface area contributed by atoms with E-state index in [-0.39, 0.29) is 0 Å². The van der Waals surface area contributed by atoms with Crippen LogP contribution < -0.4 is 0 Å². The van der Waals surface area contributed by atoms with Gasteiger partial charge in [0.15, 0.2) is 0 Å². The minimum absolute atomic E-state index is 1.20. The van der Waals surface area contributed by atoms with E-state index in [1.807, 2.05) is 17.0 Å². The molecule has 1 aromatic heterocycles. The van der Waals surface area contributed by atoms with Crippen LogP contribution in [0.5, 0.6) is 0 Å². The lowest BCUT2D eigenvalue weighted by atomic mass is 10.1. The van der Waals surface area contributed by atoms with Crippen molar-refractivity contribution in [3.05, 3.63) is 54.1 Å². The van der Waals surface area contributed by atoms with Crippen molar-refractivity contribution in [2.75, 3.05) is 0 Å². The van der Waals surface area contributed by atoms with E-state index >= 15 is 0 Å². The maximum absolute atomic E-state index is 3.96. The summed E-state index contributed by atoms with van der Waals surface area (Å²) in [6.07, 6.45) is 9.48. The molecule has 0 N–H and O–H groups in total. The molecule has 0 saturated heterocycles. The first-order valence-electron chi connectivity index (χ1n) is 4.57. The van der Waals surface area contributed by atoms with Gasteiger partial charge in [0, 0.05) is 18.6 Å². The van der Waals surface area contributed by atoms with Gasteiger partial charge in [0.2, 0.25) is 0 Å². The molecular weight excluding hydrogens is 172 g/mol. The second kappa shape index (κ2) is 3.92. The van der Waals surface area contributed by atoms with Crippen molar-refractivity contribution in [3.8, 4) is 0 Å². The third-order valence-corrected chi connectivity index (χ3v) is 2.04. The van der Waals surface area contributed by atoms with Gasteiger partial charge in [0.1, 0.15) is 0 Å². The molecule has 2 aromatic rings.